The van der Waals surface area contributed by atoms with Crippen LogP contribution in [0, 0.1) is 5.82 Å². The molecule has 13 aromatic rings. The molecule has 24 heteroatoms. The average molecular weight is 1410 g/mol. The quantitative estimate of drug-likeness (QED) is 0.0457. The number of methoxy groups -OCH3 is 5. The molecule has 1 aliphatic rings. The van der Waals surface area contributed by atoms with Gasteiger partial charge >= 0.3 is 0 Å². The van der Waals surface area contributed by atoms with Crippen LogP contribution >= 0.6 is 11.6 Å². The summed E-state index contributed by atoms with van der Waals surface area (Å²) in [5.74, 6) is 3.00. The number of fused-ring (bicyclic) bond motifs is 3. The highest BCUT2D eigenvalue weighted by molar-refractivity contribution is 6.29. The Hall–Kier alpha value is -11.6. The maximum absolute atomic E-state index is 14.1. The molecule has 1 aliphatic heterocycles. The molecule has 0 aliphatic carbocycles. The van der Waals surface area contributed by atoms with Crippen LogP contribution in [-0.4, -0.2) is 136 Å². The molecule has 7 aromatic heterocycles. The van der Waals surface area contributed by atoms with E-state index in [1.54, 1.807) is 91.7 Å². The maximum Gasteiger partial charge on any atom is 0.129 e. The molecule has 0 N–H and O–H groups in total. The minimum Gasteiger partial charge on any atom is -0.497 e. The van der Waals surface area contributed by atoms with E-state index in [1.165, 1.54) is 32.1 Å². The molecule has 1 saturated heterocycles. The predicted octanol–water partition coefficient (Wildman–Crippen LogP) is 16.7. The second-order valence-corrected chi connectivity index (χ2v) is 24.9. The van der Waals surface area contributed by atoms with E-state index < -0.39 is 0 Å². The van der Waals surface area contributed by atoms with Crippen LogP contribution in [0.5, 0.6) is 28.7 Å². The molecule has 2 atom stereocenters. The van der Waals surface area contributed by atoms with Gasteiger partial charge < -0.3 is 38.4 Å². The lowest BCUT2D eigenvalue weighted by atomic mass is 10.1. The standard InChI is InChI=1S/C29H36N6O2.C26H23ClN6O2.C22H20FN5O.2CH4/c1-20-7-8-21(2)34(20)11-6-12-35(24-13-25(36-4)16-26(14-24)37-5)23-9-10-27-28(15-23)32-29(18-30-27)22-17-31-33(3)19-22;1-32-16-18(13-30-32)25-14-28-23-6-5-19(10-24(23)31-25)33(15-17-4-7-26(27)29-12-17)20-8-21(34-2)11-22(9-20)35-3;1-4-7-28(18-8-16(23)9-19(10-18)29-3)17-5-6-20-21(11-17)26-22(13-24-20)15-12-25-27(2)14-15;;/h9-10,13-21H,6-8,11-12H2,1-5H3;4-14,16H,15H2,1-3H3;4-6,8-14H,1,7H2,2-3H3;2*1H4/t20-,21+;;;;. The van der Waals surface area contributed by atoms with Crippen LogP contribution in [0.15, 0.2) is 196 Å². The number of likely N-dealkylation sites (tertiary alicyclic amines) is 1. The lowest BCUT2D eigenvalue weighted by Crippen LogP contribution is -2.35. The normalized spacial score (nSPS) is 13.2. The molecule has 0 amide bonds. The Kier molecular flexibility index (Phi) is 24.3. The Morgan fingerprint density at radius 2 is 0.864 bits per heavy atom. The van der Waals surface area contributed by atoms with Gasteiger partial charge in [0, 0.05) is 184 Å². The monoisotopic (exact) mass is 1410 g/mol. The number of rotatable bonds is 22. The summed E-state index contributed by atoms with van der Waals surface area (Å²) in [7, 11) is 13.8. The fourth-order valence-corrected chi connectivity index (χ4v) is 12.4. The fourth-order valence-electron chi connectivity index (χ4n) is 12.3. The number of benzene rings is 6. The number of hydrogen-bond donors (Lipinski definition) is 0. The van der Waals surface area contributed by atoms with E-state index in [1.807, 2.05) is 130 Å². The molecule has 532 valence electrons. The van der Waals surface area contributed by atoms with Crippen LogP contribution in [0.25, 0.3) is 66.9 Å². The first kappa shape index (κ1) is 74.1. The van der Waals surface area contributed by atoms with E-state index >= 15 is 0 Å². The Morgan fingerprint density at radius 1 is 0.466 bits per heavy atom. The van der Waals surface area contributed by atoms with E-state index in [0.29, 0.717) is 53.3 Å². The molecule has 0 saturated carbocycles. The van der Waals surface area contributed by atoms with Gasteiger partial charge in [0.2, 0.25) is 0 Å². The number of ether oxygens (including phenoxy) is 5. The molecule has 14 rings (SSSR count). The Balaban J connectivity index is 0.000000166. The summed E-state index contributed by atoms with van der Waals surface area (Å²) in [6.07, 6.45) is 23.5. The molecular weight excluding hydrogens is 1320 g/mol. The van der Waals surface area contributed by atoms with Crippen LogP contribution in [0.4, 0.5) is 38.5 Å². The Labute approximate surface area is 605 Å². The van der Waals surface area contributed by atoms with E-state index in [-0.39, 0.29) is 20.7 Å². The first-order valence-corrected chi connectivity index (χ1v) is 33.3. The maximum atomic E-state index is 14.1. The summed E-state index contributed by atoms with van der Waals surface area (Å²) < 4.78 is 46.7. The number of pyridine rings is 1. The summed E-state index contributed by atoms with van der Waals surface area (Å²) in [5.41, 5.74) is 16.3. The number of nitrogens with zero attached hydrogens (tertiary/aromatic N) is 17. The summed E-state index contributed by atoms with van der Waals surface area (Å²) in [6, 6.07) is 39.5. The molecule has 0 spiro atoms. The molecule has 0 radical (unpaired) electrons. The lowest BCUT2D eigenvalue weighted by Gasteiger charge is -2.30. The van der Waals surface area contributed by atoms with Gasteiger partial charge in [-0.15, -0.1) is 6.58 Å². The Bertz CT molecular complexity index is 4980. The van der Waals surface area contributed by atoms with Gasteiger partial charge in [-0.25, -0.2) is 24.3 Å². The van der Waals surface area contributed by atoms with Crippen molar-refractivity contribution >= 4 is 78.8 Å². The van der Waals surface area contributed by atoms with Crippen LogP contribution < -0.4 is 38.4 Å². The first-order valence-electron chi connectivity index (χ1n) is 32.9. The average Bonchev–Trinajstić information content (AvgIpc) is 1.70. The molecule has 22 nitrogen and oxygen atoms in total. The summed E-state index contributed by atoms with van der Waals surface area (Å²) in [5, 5.41) is 13.2. The second-order valence-electron chi connectivity index (χ2n) is 24.5. The third kappa shape index (κ3) is 17.8. The van der Waals surface area contributed by atoms with Crippen LogP contribution in [0.3, 0.4) is 0 Å². The largest absolute Gasteiger partial charge is 0.497 e. The molecule has 1 fully saturated rings. The van der Waals surface area contributed by atoms with Crippen molar-refractivity contribution in [2.45, 2.75) is 66.6 Å². The van der Waals surface area contributed by atoms with Crippen LogP contribution in [0.1, 0.15) is 53.5 Å². The number of hydrogen-bond acceptors (Lipinski definition) is 19. The van der Waals surface area contributed by atoms with E-state index in [4.69, 9.17) is 50.2 Å². The highest BCUT2D eigenvalue weighted by Crippen LogP contribution is 2.39. The lowest BCUT2D eigenvalue weighted by molar-refractivity contribution is 0.213. The van der Waals surface area contributed by atoms with Gasteiger partial charge in [0.15, 0.2) is 0 Å². The minimum absolute atomic E-state index is 0. The van der Waals surface area contributed by atoms with Gasteiger partial charge in [0.05, 0.1) is 123 Å². The van der Waals surface area contributed by atoms with Crippen molar-refractivity contribution in [3.8, 4) is 62.5 Å². The van der Waals surface area contributed by atoms with Gasteiger partial charge in [0.1, 0.15) is 39.7 Å². The number of aryl methyl sites for hydroxylation is 3. The number of halogens is 2. The molecule has 0 unspecified atom stereocenters. The van der Waals surface area contributed by atoms with E-state index in [0.717, 1.165) is 132 Å². The van der Waals surface area contributed by atoms with Crippen molar-refractivity contribution < 1.29 is 28.1 Å². The van der Waals surface area contributed by atoms with Crippen molar-refractivity contribution in [3.05, 3.63) is 212 Å². The van der Waals surface area contributed by atoms with Gasteiger partial charge in [0.25, 0.3) is 0 Å². The second kappa shape index (κ2) is 33.7. The van der Waals surface area contributed by atoms with Crippen molar-refractivity contribution in [2.75, 3.05) is 69.9 Å². The summed E-state index contributed by atoms with van der Waals surface area (Å²) in [4.78, 5) is 41.6. The van der Waals surface area contributed by atoms with Crippen molar-refractivity contribution in [3.63, 3.8) is 0 Å². The topological polar surface area (TPSA) is 203 Å². The van der Waals surface area contributed by atoms with E-state index in [2.05, 4.69) is 94.6 Å². The molecule has 8 heterocycles. The zero-order valence-corrected chi connectivity index (χ0v) is 58.9. The summed E-state index contributed by atoms with van der Waals surface area (Å²) in [6.45, 7) is 11.5. The SMILES string of the molecule is C.C.C=CCN(c1cc(F)cc(OC)c1)c1ccc2ncc(-c3cnn(C)c3)nc2c1.COc1cc(OC)cc(N(CCCN2[C@H](C)CC[C@@H]2C)c2ccc3ncc(-c4cnn(C)c4)nc3c2)c1.COc1cc(OC)cc(N(Cc2ccc(Cl)nc2)c2ccc3ncc(-c4cnn(C)c4)nc3c2)c1. The molecule has 6 aromatic carbocycles. The van der Waals surface area contributed by atoms with E-state index in [9.17, 15) is 4.39 Å². The van der Waals surface area contributed by atoms with Gasteiger partial charge in [-0.3, -0.25) is 33.9 Å². The molecule has 0 bridgehead atoms. The third-order valence-electron chi connectivity index (χ3n) is 17.6. The highest BCUT2D eigenvalue weighted by Gasteiger charge is 2.27. The summed E-state index contributed by atoms with van der Waals surface area (Å²) >= 11 is 6.01. The number of anilines is 6. The molecular formula is C79H87ClFN17O5. The van der Waals surface area contributed by atoms with Gasteiger partial charge in [-0.1, -0.05) is 38.6 Å². The molecule has 103 heavy (non-hydrogen) atoms. The highest BCUT2D eigenvalue weighted by atomic mass is 35.5. The van der Waals surface area contributed by atoms with Gasteiger partial charge in [-0.05, 0) is 105 Å². The Morgan fingerprint density at radius 3 is 1.25 bits per heavy atom. The smallest absolute Gasteiger partial charge is 0.129 e. The van der Waals surface area contributed by atoms with Crippen LogP contribution in [0.2, 0.25) is 5.15 Å². The fraction of sp³-hybridized carbons (Fsp3) is 0.266. The van der Waals surface area contributed by atoms with Crippen molar-refractivity contribution in [2.24, 2.45) is 21.1 Å². The van der Waals surface area contributed by atoms with Crippen molar-refractivity contribution in [1.82, 2.24) is 69.1 Å². The van der Waals surface area contributed by atoms with Gasteiger partial charge in [-0.2, -0.15) is 15.3 Å². The zero-order valence-electron chi connectivity index (χ0n) is 58.1. The van der Waals surface area contributed by atoms with Crippen LogP contribution in [-0.2, 0) is 27.7 Å². The first-order chi connectivity index (χ1) is 49.0. The predicted molar refractivity (Wildman–Crippen MR) is 410 cm³/mol. The minimum atomic E-state index is -0.368. The third-order valence-corrected chi connectivity index (χ3v) is 17.8. The number of aromatic nitrogens is 13. The zero-order chi connectivity index (χ0) is 70.7. The van der Waals surface area contributed by atoms with Crippen molar-refractivity contribution in [1.29, 1.82) is 0 Å².